The number of rotatable bonds is 1. The Balaban J connectivity index is 2.81. The summed E-state index contributed by atoms with van der Waals surface area (Å²) in [4.78, 5) is 4.46. The van der Waals surface area contributed by atoms with Gasteiger partial charge in [0.25, 0.3) is 0 Å². The maximum absolute atomic E-state index is 4.46. The summed E-state index contributed by atoms with van der Waals surface area (Å²) in [6.45, 7) is 2.84. The first-order valence-electron chi connectivity index (χ1n) is 4.46. The van der Waals surface area contributed by atoms with E-state index in [0.717, 1.165) is 17.8 Å². The number of hydrogen-bond donors (Lipinski definition) is 1. The van der Waals surface area contributed by atoms with Crippen molar-refractivity contribution in [3.8, 4) is 0 Å². The van der Waals surface area contributed by atoms with E-state index in [1.165, 1.54) is 10.9 Å². The molecule has 2 rings (SSSR count). The summed E-state index contributed by atoms with van der Waals surface area (Å²) in [5, 5.41) is 1.23. The zero-order valence-electron chi connectivity index (χ0n) is 7.75. The molecule has 0 aliphatic carbocycles. The fourth-order valence-electron chi connectivity index (χ4n) is 1.60. The van der Waals surface area contributed by atoms with E-state index in [-0.39, 0.29) is 0 Å². The van der Waals surface area contributed by atoms with Crippen LogP contribution in [0.5, 0.6) is 0 Å². The summed E-state index contributed by atoms with van der Waals surface area (Å²) in [6.07, 6.45) is 0. The smallest absolute Gasteiger partial charge is 0.100 e. The molecule has 0 radical (unpaired) electrons. The van der Waals surface area contributed by atoms with Gasteiger partial charge in [0.1, 0.15) is 6.54 Å². The van der Waals surface area contributed by atoms with Crippen LogP contribution in [-0.2, 0) is 6.54 Å². The Hall–Kier alpha value is -1.41. The van der Waals surface area contributed by atoms with E-state index in [4.69, 9.17) is 0 Å². The second kappa shape index (κ2) is 3.15. The Morgan fingerprint density at radius 3 is 2.85 bits per heavy atom. The molecule has 0 amide bonds. The topological polar surface area (TPSA) is 40.5 Å². The number of hydrogen-bond acceptors (Lipinski definition) is 1. The van der Waals surface area contributed by atoms with Crippen molar-refractivity contribution in [2.24, 2.45) is 0 Å². The van der Waals surface area contributed by atoms with Gasteiger partial charge in [-0.15, -0.1) is 0 Å². The van der Waals surface area contributed by atoms with Crippen LogP contribution in [0.15, 0.2) is 30.3 Å². The van der Waals surface area contributed by atoms with E-state index < -0.39 is 0 Å². The van der Waals surface area contributed by atoms with Gasteiger partial charge in [0, 0.05) is 16.6 Å². The van der Waals surface area contributed by atoms with Gasteiger partial charge in [-0.25, -0.2) is 0 Å². The molecule has 66 valence electrons. The van der Waals surface area contributed by atoms with E-state index in [1.807, 2.05) is 25.1 Å². The van der Waals surface area contributed by atoms with Crippen LogP contribution in [0.2, 0.25) is 0 Å². The Labute approximate surface area is 77.4 Å². The standard InChI is InChI=1S/C11H12N2/c1-8-6-9(7-12)10-4-2-3-5-11(10)13-8/h2-6H,7,12H2,1H3/p+1. The number of aryl methyl sites for hydroxylation is 1. The third-order valence-corrected chi connectivity index (χ3v) is 2.20. The van der Waals surface area contributed by atoms with Crippen molar-refractivity contribution in [1.29, 1.82) is 0 Å². The van der Waals surface area contributed by atoms with Crippen molar-refractivity contribution < 1.29 is 5.73 Å². The van der Waals surface area contributed by atoms with Gasteiger partial charge in [-0.05, 0) is 19.1 Å². The van der Waals surface area contributed by atoms with Crippen LogP contribution in [0.4, 0.5) is 0 Å². The first kappa shape index (κ1) is 8.20. The molecule has 0 bridgehead atoms. The molecule has 1 heterocycles. The zero-order valence-corrected chi connectivity index (χ0v) is 7.75. The zero-order chi connectivity index (χ0) is 9.26. The van der Waals surface area contributed by atoms with Crippen LogP contribution in [0.25, 0.3) is 10.9 Å². The van der Waals surface area contributed by atoms with Crippen molar-refractivity contribution in [3.05, 3.63) is 41.6 Å². The minimum Gasteiger partial charge on any atom is -0.354 e. The summed E-state index contributed by atoms with van der Waals surface area (Å²) in [6, 6.07) is 10.3. The summed E-state index contributed by atoms with van der Waals surface area (Å²) in [5.41, 5.74) is 7.34. The highest BCUT2D eigenvalue weighted by Gasteiger charge is 2.01. The molecule has 0 saturated heterocycles. The molecule has 0 saturated carbocycles. The lowest BCUT2D eigenvalue weighted by Gasteiger charge is -2.03. The lowest BCUT2D eigenvalue weighted by atomic mass is 10.1. The second-order valence-corrected chi connectivity index (χ2v) is 3.19. The highest BCUT2D eigenvalue weighted by atomic mass is 14.7. The Morgan fingerprint density at radius 2 is 2.08 bits per heavy atom. The summed E-state index contributed by atoms with van der Waals surface area (Å²) in [7, 11) is 0. The SMILES string of the molecule is Cc1cc(C[NH3+])c2ccccc2n1. The second-order valence-electron chi connectivity index (χ2n) is 3.19. The van der Waals surface area contributed by atoms with Gasteiger partial charge in [-0.1, -0.05) is 18.2 Å². The molecule has 1 aromatic carbocycles. The number of fused-ring (bicyclic) bond motifs is 1. The number of quaternary nitrogens is 1. The van der Waals surface area contributed by atoms with Crippen LogP contribution in [0.1, 0.15) is 11.3 Å². The molecule has 0 fully saturated rings. The largest absolute Gasteiger partial charge is 0.354 e. The monoisotopic (exact) mass is 173 g/mol. The first-order valence-corrected chi connectivity index (χ1v) is 4.46. The molecule has 0 spiro atoms. The quantitative estimate of drug-likeness (QED) is 0.693. The average Bonchev–Trinajstić information content (AvgIpc) is 2.16. The maximum Gasteiger partial charge on any atom is 0.100 e. The normalized spacial score (nSPS) is 10.6. The van der Waals surface area contributed by atoms with Gasteiger partial charge in [-0.3, -0.25) is 4.98 Å². The number of nitrogens with zero attached hydrogens (tertiary/aromatic N) is 1. The Morgan fingerprint density at radius 1 is 1.31 bits per heavy atom. The predicted molar refractivity (Wildman–Crippen MR) is 53.1 cm³/mol. The highest BCUT2D eigenvalue weighted by Crippen LogP contribution is 2.16. The predicted octanol–water partition coefficient (Wildman–Crippen LogP) is 1.29. The maximum atomic E-state index is 4.46. The molecular weight excluding hydrogens is 160 g/mol. The molecule has 1 aromatic heterocycles. The Kier molecular flexibility index (Phi) is 1.99. The van der Waals surface area contributed by atoms with Crippen LogP contribution in [-0.4, -0.2) is 4.98 Å². The first-order chi connectivity index (χ1) is 6.31. The summed E-state index contributed by atoms with van der Waals surface area (Å²) in [5.74, 6) is 0. The van der Waals surface area contributed by atoms with Gasteiger partial charge in [0.2, 0.25) is 0 Å². The fraction of sp³-hybridized carbons (Fsp3) is 0.182. The van der Waals surface area contributed by atoms with Crippen molar-refractivity contribution in [2.45, 2.75) is 13.5 Å². The van der Waals surface area contributed by atoms with Crippen LogP contribution < -0.4 is 5.73 Å². The number of aromatic nitrogens is 1. The Bertz CT molecular complexity index is 435. The lowest BCUT2D eigenvalue weighted by molar-refractivity contribution is -0.386. The number of benzene rings is 1. The van der Waals surface area contributed by atoms with Gasteiger partial charge in [0.15, 0.2) is 0 Å². The molecule has 2 nitrogen and oxygen atoms in total. The highest BCUT2D eigenvalue weighted by molar-refractivity contribution is 5.82. The van der Waals surface area contributed by atoms with Crippen LogP contribution >= 0.6 is 0 Å². The van der Waals surface area contributed by atoms with E-state index in [1.54, 1.807) is 0 Å². The average molecular weight is 173 g/mol. The molecule has 0 atom stereocenters. The van der Waals surface area contributed by atoms with Crippen LogP contribution in [0.3, 0.4) is 0 Å². The summed E-state index contributed by atoms with van der Waals surface area (Å²) >= 11 is 0. The van der Waals surface area contributed by atoms with Crippen molar-refractivity contribution in [3.63, 3.8) is 0 Å². The van der Waals surface area contributed by atoms with Crippen molar-refractivity contribution in [2.75, 3.05) is 0 Å². The lowest BCUT2D eigenvalue weighted by Crippen LogP contribution is -2.47. The third kappa shape index (κ3) is 1.40. The molecule has 0 aliphatic heterocycles. The third-order valence-electron chi connectivity index (χ3n) is 2.20. The fourth-order valence-corrected chi connectivity index (χ4v) is 1.60. The molecule has 2 aromatic rings. The van der Waals surface area contributed by atoms with Crippen molar-refractivity contribution >= 4 is 10.9 Å². The molecule has 0 unspecified atom stereocenters. The van der Waals surface area contributed by atoms with Crippen molar-refractivity contribution in [1.82, 2.24) is 4.98 Å². The van der Waals surface area contributed by atoms with Gasteiger partial charge in [0.05, 0.1) is 5.52 Å². The van der Waals surface area contributed by atoms with Gasteiger partial charge >= 0.3 is 0 Å². The molecular formula is C11H13N2+. The number of para-hydroxylation sites is 1. The minimum atomic E-state index is 0.823. The van der Waals surface area contributed by atoms with Crippen LogP contribution in [0, 0.1) is 6.92 Å². The van der Waals surface area contributed by atoms with E-state index in [2.05, 4.69) is 22.9 Å². The van der Waals surface area contributed by atoms with Gasteiger partial charge < -0.3 is 5.73 Å². The van der Waals surface area contributed by atoms with E-state index in [9.17, 15) is 0 Å². The molecule has 13 heavy (non-hydrogen) atoms. The van der Waals surface area contributed by atoms with E-state index in [0.29, 0.717) is 0 Å². The molecule has 2 heteroatoms. The minimum absolute atomic E-state index is 0.823. The molecule has 0 aliphatic rings. The number of pyridine rings is 1. The summed E-state index contributed by atoms with van der Waals surface area (Å²) < 4.78 is 0. The van der Waals surface area contributed by atoms with E-state index >= 15 is 0 Å². The van der Waals surface area contributed by atoms with Gasteiger partial charge in [-0.2, -0.15) is 0 Å². The molecule has 3 N–H and O–H groups in total.